The molecule has 0 N–H and O–H groups in total. The summed E-state index contributed by atoms with van der Waals surface area (Å²) in [5.41, 5.74) is 3.45. The van der Waals surface area contributed by atoms with Gasteiger partial charge in [0.25, 0.3) is 5.91 Å². The second kappa shape index (κ2) is 3.98. The highest BCUT2D eigenvalue weighted by atomic mass is 16.5. The van der Waals surface area contributed by atoms with Crippen molar-refractivity contribution >= 4 is 5.91 Å². The minimum absolute atomic E-state index is 0.121. The van der Waals surface area contributed by atoms with Crippen LogP contribution in [0.5, 0.6) is 5.75 Å². The van der Waals surface area contributed by atoms with Crippen molar-refractivity contribution in [2.24, 2.45) is 0 Å². The number of ether oxygens (including phenoxy) is 1. The first-order chi connectivity index (χ1) is 9.61. The maximum absolute atomic E-state index is 12.1. The molecule has 3 aliphatic heterocycles. The van der Waals surface area contributed by atoms with Crippen LogP contribution in [0.4, 0.5) is 0 Å². The zero-order valence-electron chi connectivity index (χ0n) is 12.1. The minimum Gasteiger partial charge on any atom is -0.492 e. The number of carbonyl (C=O) groups excluding carboxylic acids is 1. The van der Waals surface area contributed by atoms with Gasteiger partial charge in [0.2, 0.25) is 0 Å². The van der Waals surface area contributed by atoms with Crippen LogP contribution in [-0.2, 0) is 12.0 Å². The van der Waals surface area contributed by atoms with Crippen molar-refractivity contribution in [3.8, 4) is 5.75 Å². The molecule has 0 aromatic heterocycles. The number of rotatable bonds is 0. The Morgan fingerprint density at radius 3 is 2.70 bits per heavy atom. The summed E-state index contributed by atoms with van der Waals surface area (Å²) in [6.45, 7) is 3.72. The molecular formula is C16H20N2O2. The molecule has 0 atom stereocenters. The molecule has 1 fully saturated rings. The normalized spacial score (nSPS) is 23.9. The van der Waals surface area contributed by atoms with Gasteiger partial charge in [-0.05, 0) is 39.0 Å². The van der Waals surface area contributed by atoms with Gasteiger partial charge < -0.3 is 14.5 Å². The summed E-state index contributed by atoms with van der Waals surface area (Å²) in [6, 6.07) is 4.15. The largest absolute Gasteiger partial charge is 0.492 e. The van der Waals surface area contributed by atoms with Gasteiger partial charge in [0, 0.05) is 29.2 Å². The molecule has 3 heterocycles. The smallest absolute Gasteiger partial charge is 0.254 e. The monoisotopic (exact) mass is 272 g/mol. The van der Waals surface area contributed by atoms with Crippen molar-refractivity contribution < 1.29 is 9.53 Å². The molecule has 1 aromatic rings. The van der Waals surface area contributed by atoms with Crippen molar-refractivity contribution in [1.29, 1.82) is 0 Å². The molecule has 0 bridgehead atoms. The highest BCUT2D eigenvalue weighted by molar-refractivity contribution is 5.99. The van der Waals surface area contributed by atoms with Crippen molar-refractivity contribution in [1.82, 2.24) is 9.80 Å². The standard InChI is InChI=1S/C16H20N2O2/c1-17-7-5-16(6-8-17)10-20-14-12-9-18(2)15(19)11(12)3-4-13(14)16/h3-4H,5-10H2,1-2H3. The van der Waals surface area contributed by atoms with E-state index in [2.05, 4.69) is 18.0 Å². The van der Waals surface area contributed by atoms with E-state index in [1.165, 1.54) is 5.56 Å². The first kappa shape index (κ1) is 12.2. The highest BCUT2D eigenvalue weighted by Gasteiger charge is 2.45. The number of benzene rings is 1. The van der Waals surface area contributed by atoms with E-state index in [4.69, 9.17) is 4.74 Å². The minimum atomic E-state index is 0.121. The Hall–Kier alpha value is -1.55. The van der Waals surface area contributed by atoms with E-state index < -0.39 is 0 Å². The van der Waals surface area contributed by atoms with E-state index in [9.17, 15) is 4.79 Å². The fraction of sp³-hybridized carbons (Fsp3) is 0.562. The molecule has 1 aromatic carbocycles. The molecule has 1 saturated heterocycles. The van der Waals surface area contributed by atoms with Gasteiger partial charge in [-0.15, -0.1) is 0 Å². The number of hydrogen-bond acceptors (Lipinski definition) is 3. The third-order valence-corrected chi connectivity index (χ3v) is 5.24. The van der Waals surface area contributed by atoms with Gasteiger partial charge in [-0.25, -0.2) is 0 Å². The van der Waals surface area contributed by atoms with E-state index in [1.54, 1.807) is 4.90 Å². The van der Waals surface area contributed by atoms with Gasteiger partial charge in [0.15, 0.2) is 0 Å². The number of fused-ring (bicyclic) bond motifs is 4. The quantitative estimate of drug-likeness (QED) is 0.719. The Bertz CT molecular complexity index is 588. The van der Waals surface area contributed by atoms with E-state index in [0.29, 0.717) is 6.54 Å². The predicted octanol–water partition coefficient (Wildman–Crippen LogP) is 1.63. The van der Waals surface area contributed by atoms with Crippen LogP contribution in [0.25, 0.3) is 0 Å². The summed E-state index contributed by atoms with van der Waals surface area (Å²) in [5.74, 6) is 1.13. The van der Waals surface area contributed by atoms with Crippen LogP contribution in [0.15, 0.2) is 12.1 Å². The highest BCUT2D eigenvalue weighted by Crippen LogP contribution is 2.48. The van der Waals surface area contributed by atoms with Crippen LogP contribution in [0.1, 0.15) is 34.3 Å². The maximum Gasteiger partial charge on any atom is 0.254 e. The molecule has 20 heavy (non-hydrogen) atoms. The van der Waals surface area contributed by atoms with Crippen LogP contribution < -0.4 is 4.74 Å². The SMILES string of the molecule is CN1CCC2(CC1)COc1c2ccc2c1CN(C)C2=O. The summed E-state index contributed by atoms with van der Waals surface area (Å²) >= 11 is 0. The average molecular weight is 272 g/mol. The first-order valence-electron chi connectivity index (χ1n) is 7.34. The summed E-state index contributed by atoms with van der Waals surface area (Å²) in [6.07, 6.45) is 2.30. The molecule has 4 rings (SSSR count). The van der Waals surface area contributed by atoms with Crippen molar-refractivity contribution in [3.63, 3.8) is 0 Å². The van der Waals surface area contributed by atoms with Crippen molar-refractivity contribution in [2.45, 2.75) is 24.8 Å². The first-order valence-corrected chi connectivity index (χ1v) is 7.34. The third kappa shape index (κ3) is 1.48. The topological polar surface area (TPSA) is 32.8 Å². The molecule has 0 aliphatic carbocycles. The molecule has 0 radical (unpaired) electrons. The summed E-state index contributed by atoms with van der Waals surface area (Å²) in [7, 11) is 4.04. The fourth-order valence-electron chi connectivity index (χ4n) is 3.83. The zero-order chi connectivity index (χ0) is 13.9. The number of carbonyl (C=O) groups is 1. The summed E-state index contributed by atoms with van der Waals surface area (Å²) in [5, 5.41) is 0. The lowest BCUT2D eigenvalue weighted by Gasteiger charge is -2.36. The van der Waals surface area contributed by atoms with E-state index in [1.807, 2.05) is 13.1 Å². The van der Waals surface area contributed by atoms with Crippen molar-refractivity contribution in [3.05, 3.63) is 28.8 Å². The molecule has 1 amide bonds. The number of piperidine rings is 1. The van der Waals surface area contributed by atoms with Gasteiger partial charge in [0.1, 0.15) is 5.75 Å². The lowest BCUT2D eigenvalue weighted by molar-refractivity contribution is 0.0816. The Labute approximate surface area is 119 Å². The molecule has 0 saturated carbocycles. The molecule has 106 valence electrons. The van der Waals surface area contributed by atoms with Crippen LogP contribution in [0.2, 0.25) is 0 Å². The van der Waals surface area contributed by atoms with Crippen LogP contribution >= 0.6 is 0 Å². The van der Waals surface area contributed by atoms with Crippen LogP contribution in [0.3, 0.4) is 0 Å². The van der Waals surface area contributed by atoms with Crippen molar-refractivity contribution in [2.75, 3.05) is 33.8 Å². The Morgan fingerprint density at radius 1 is 1.20 bits per heavy atom. The fourth-order valence-corrected chi connectivity index (χ4v) is 3.83. The van der Waals surface area contributed by atoms with Gasteiger partial charge in [0.05, 0.1) is 13.2 Å². The number of nitrogens with zero attached hydrogens (tertiary/aromatic N) is 2. The van der Waals surface area contributed by atoms with Gasteiger partial charge in [-0.3, -0.25) is 4.79 Å². The van der Waals surface area contributed by atoms with Gasteiger partial charge in [-0.2, -0.15) is 0 Å². The van der Waals surface area contributed by atoms with Gasteiger partial charge >= 0.3 is 0 Å². The maximum atomic E-state index is 12.1. The van der Waals surface area contributed by atoms with E-state index in [-0.39, 0.29) is 11.3 Å². The Kier molecular flexibility index (Phi) is 2.43. The lowest BCUT2D eigenvalue weighted by atomic mass is 9.74. The average Bonchev–Trinajstić information content (AvgIpc) is 2.94. The third-order valence-electron chi connectivity index (χ3n) is 5.24. The number of amides is 1. The summed E-state index contributed by atoms with van der Waals surface area (Å²) < 4.78 is 6.07. The molecular weight excluding hydrogens is 252 g/mol. The molecule has 4 heteroatoms. The second-order valence-corrected chi connectivity index (χ2v) is 6.50. The van der Waals surface area contributed by atoms with E-state index in [0.717, 1.165) is 49.4 Å². The molecule has 1 spiro atoms. The predicted molar refractivity (Wildman–Crippen MR) is 76.1 cm³/mol. The van der Waals surface area contributed by atoms with Gasteiger partial charge in [-0.1, -0.05) is 6.07 Å². The summed E-state index contributed by atoms with van der Waals surface area (Å²) in [4.78, 5) is 16.2. The molecule has 4 nitrogen and oxygen atoms in total. The van der Waals surface area contributed by atoms with Crippen LogP contribution in [-0.4, -0.2) is 49.5 Å². The molecule has 0 unspecified atom stereocenters. The number of likely N-dealkylation sites (tertiary alicyclic amines) is 1. The Morgan fingerprint density at radius 2 is 1.95 bits per heavy atom. The Balaban J connectivity index is 1.78. The molecule has 3 aliphatic rings. The van der Waals surface area contributed by atoms with Crippen LogP contribution in [0, 0.1) is 0 Å². The number of hydrogen-bond donors (Lipinski definition) is 0. The zero-order valence-corrected chi connectivity index (χ0v) is 12.1. The second-order valence-electron chi connectivity index (χ2n) is 6.50. The lowest BCUT2D eigenvalue weighted by Crippen LogP contribution is -2.41. The van der Waals surface area contributed by atoms with E-state index >= 15 is 0 Å².